The first-order valence-electron chi connectivity index (χ1n) is 4.80. The fraction of sp³-hybridized carbons (Fsp3) is 0.556. The lowest BCUT2D eigenvalue weighted by atomic mass is 10.5. The van der Waals surface area contributed by atoms with Gasteiger partial charge in [-0.15, -0.1) is 0 Å². The van der Waals surface area contributed by atoms with Gasteiger partial charge in [0.25, 0.3) is 5.56 Å². The van der Waals surface area contributed by atoms with Crippen LogP contribution in [0.15, 0.2) is 11.1 Å². The molecule has 1 rings (SSSR count). The predicted octanol–water partition coefficient (Wildman–Crippen LogP) is 0.787. The molecule has 0 bridgehead atoms. The van der Waals surface area contributed by atoms with Crippen molar-refractivity contribution in [1.29, 1.82) is 0 Å². The van der Waals surface area contributed by atoms with Gasteiger partial charge in [0.05, 0.1) is 6.33 Å². The van der Waals surface area contributed by atoms with Crippen molar-refractivity contribution in [3.63, 3.8) is 0 Å². The summed E-state index contributed by atoms with van der Waals surface area (Å²) in [5.41, 5.74) is -0.321. The van der Waals surface area contributed by atoms with E-state index in [4.69, 9.17) is 11.6 Å². The molecule has 2 N–H and O–H groups in total. The summed E-state index contributed by atoms with van der Waals surface area (Å²) in [6.07, 6.45) is 1.33. The van der Waals surface area contributed by atoms with Gasteiger partial charge in [-0.1, -0.05) is 18.5 Å². The summed E-state index contributed by atoms with van der Waals surface area (Å²) in [5.74, 6) is 0.435. The van der Waals surface area contributed by atoms with Crippen LogP contribution < -0.4 is 10.9 Å². The van der Waals surface area contributed by atoms with Gasteiger partial charge in [0.15, 0.2) is 5.82 Å². The van der Waals surface area contributed by atoms with Gasteiger partial charge in [-0.2, -0.15) is 0 Å². The van der Waals surface area contributed by atoms with E-state index in [9.17, 15) is 4.79 Å². The fourth-order valence-corrected chi connectivity index (χ4v) is 1.20. The van der Waals surface area contributed by atoms with E-state index in [0.29, 0.717) is 12.4 Å². The van der Waals surface area contributed by atoms with Crippen LogP contribution in [0.2, 0.25) is 5.02 Å². The lowest BCUT2D eigenvalue weighted by molar-refractivity contribution is 0.367. The topological polar surface area (TPSA) is 61.0 Å². The van der Waals surface area contributed by atoms with Gasteiger partial charge in [0.1, 0.15) is 5.02 Å². The lowest BCUT2D eigenvalue weighted by Crippen LogP contribution is -2.25. The highest BCUT2D eigenvalue weighted by atomic mass is 35.5. The Bertz CT molecular complexity index is 365. The van der Waals surface area contributed by atoms with Crippen LogP contribution in [-0.4, -0.2) is 41.5 Å². The number of nitrogens with zero attached hydrogens (tertiary/aromatic N) is 2. The van der Waals surface area contributed by atoms with E-state index in [2.05, 4.69) is 27.1 Å². The highest BCUT2D eigenvalue weighted by molar-refractivity contribution is 6.32. The van der Waals surface area contributed by atoms with Crippen molar-refractivity contribution in [2.24, 2.45) is 0 Å². The maximum Gasteiger partial charge on any atom is 0.271 e. The average molecular weight is 231 g/mol. The Balaban J connectivity index is 2.51. The molecule has 0 saturated carbocycles. The monoisotopic (exact) mass is 230 g/mol. The van der Waals surface area contributed by atoms with E-state index in [0.717, 1.165) is 13.1 Å². The Labute approximate surface area is 93.5 Å². The molecule has 0 radical (unpaired) electrons. The second-order valence-corrected chi connectivity index (χ2v) is 3.59. The number of nitrogens with one attached hydrogen (secondary N) is 2. The lowest BCUT2D eigenvalue weighted by Gasteiger charge is -2.14. The number of likely N-dealkylation sites (N-methyl/N-ethyl adjacent to an activating group) is 1. The maximum atomic E-state index is 11.1. The molecular formula is C9H15ClN4O. The number of anilines is 1. The third kappa shape index (κ3) is 3.53. The van der Waals surface area contributed by atoms with Crippen molar-refractivity contribution in [2.45, 2.75) is 6.92 Å². The molecule has 6 heteroatoms. The van der Waals surface area contributed by atoms with Crippen molar-refractivity contribution in [2.75, 3.05) is 32.0 Å². The van der Waals surface area contributed by atoms with E-state index in [1.807, 2.05) is 7.05 Å². The number of H-pyrrole nitrogens is 1. The normalized spacial score (nSPS) is 10.7. The zero-order valence-corrected chi connectivity index (χ0v) is 9.64. The quantitative estimate of drug-likeness (QED) is 0.785. The van der Waals surface area contributed by atoms with E-state index in [1.54, 1.807) is 0 Å². The molecule has 84 valence electrons. The van der Waals surface area contributed by atoms with E-state index in [1.165, 1.54) is 6.33 Å². The van der Waals surface area contributed by atoms with Crippen LogP contribution in [0.1, 0.15) is 6.92 Å². The van der Waals surface area contributed by atoms with E-state index in [-0.39, 0.29) is 10.6 Å². The Morgan fingerprint density at radius 3 is 3.07 bits per heavy atom. The molecule has 1 aromatic rings. The SMILES string of the molecule is CCN(C)CCNc1nc[nH]c(=O)c1Cl. The number of halogens is 1. The Morgan fingerprint density at radius 2 is 2.40 bits per heavy atom. The van der Waals surface area contributed by atoms with Crippen LogP contribution in [-0.2, 0) is 0 Å². The molecule has 5 nitrogen and oxygen atoms in total. The van der Waals surface area contributed by atoms with E-state index < -0.39 is 0 Å². The number of aromatic amines is 1. The Morgan fingerprint density at radius 1 is 1.67 bits per heavy atom. The predicted molar refractivity (Wildman–Crippen MR) is 61.5 cm³/mol. The number of rotatable bonds is 5. The highest BCUT2D eigenvalue weighted by Crippen LogP contribution is 2.11. The second-order valence-electron chi connectivity index (χ2n) is 3.22. The summed E-state index contributed by atoms with van der Waals surface area (Å²) in [6, 6.07) is 0. The molecule has 0 amide bonds. The molecule has 0 spiro atoms. The highest BCUT2D eigenvalue weighted by Gasteiger charge is 2.04. The summed E-state index contributed by atoms with van der Waals surface area (Å²) in [6.45, 7) is 4.65. The van der Waals surface area contributed by atoms with Gasteiger partial charge in [-0.05, 0) is 13.6 Å². The molecule has 0 fully saturated rings. The molecule has 15 heavy (non-hydrogen) atoms. The van der Waals surface area contributed by atoms with Gasteiger partial charge in [0, 0.05) is 13.1 Å². The maximum absolute atomic E-state index is 11.1. The minimum atomic E-state index is -0.321. The minimum Gasteiger partial charge on any atom is -0.367 e. The molecule has 0 aliphatic rings. The van der Waals surface area contributed by atoms with Crippen molar-refractivity contribution >= 4 is 17.4 Å². The summed E-state index contributed by atoms with van der Waals surface area (Å²) in [4.78, 5) is 19.6. The summed E-state index contributed by atoms with van der Waals surface area (Å²) >= 11 is 5.76. The van der Waals surface area contributed by atoms with Crippen molar-refractivity contribution in [3.05, 3.63) is 21.7 Å². The smallest absolute Gasteiger partial charge is 0.271 e. The Kier molecular flexibility index (Phi) is 4.58. The number of hydrogen-bond donors (Lipinski definition) is 2. The van der Waals surface area contributed by atoms with E-state index >= 15 is 0 Å². The summed E-state index contributed by atoms with van der Waals surface area (Å²) in [5, 5.41) is 3.12. The largest absolute Gasteiger partial charge is 0.367 e. The third-order valence-electron chi connectivity index (χ3n) is 2.12. The van der Waals surface area contributed by atoms with Gasteiger partial charge in [-0.3, -0.25) is 4.79 Å². The van der Waals surface area contributed by atoms with Gasteiger partial charge in [0.2, 0.25) is 0 Å². The standard InChI is InChI=1S/C9H15ClN4O/c1-3-14(2)5-4-11-8-7(10)9(15)13-6-12-8/h6H,3-5H2,1-2H3,(H2,11,12,13,15). The first-order valence-corrected chi connectivity index (χ1v) is 5.18. The average Bonchev–Trinajstić information content (AvgIpc) is 2.24. The van der Waals surface area contributed by atoms with Crippen molar-refractivity contribution < 1.29 is 0 Å². The summed E-state index contributed by atoms with van der Waals surface area (Å²) in [7, 11) is 2.02. The molecule has 0 unspecified atom stereocenters. The molecule has 1 heterocycles. The number of hydrogen-bond acceptors (Lipinski definition) is 4. The van der Waals surface area contributed by atoms with Crippen LogP contribution in [0.5, 0.6) is 0 Å². The van der Waals surface area contributed by atoms with Crippen LogP contribution in [0, 0.1) is 0 Å². The van der Waals surface area contributed by atoms with Gasteiger partial charge >= 0.3 is 0 Å². The van der Waals surface area contributed by atoms with Crippen LogP contribution in [0.3, 0.4) is 0 Å². The molecule has 0 atom stereocenters. The number of aromatic nitrogens is 2. The van der Waals surface area contributed by atoms with Crippen LogP contribution >= 0.6 is 11.6 Å². The molecule has 0 aliphatic heterocycles. The first-order chi connectivity index (χ1) is 7.15. The zero-order valence-electron chi connectivity index (χ0n) is 8.88. The summed E-state index contributed by atoms with van der Waals surface area (Å²) < 4.78 is 0. The molecule has 0 aliphatic carbocycles. The van der Waals surface area contributed by atoms with Crippen molar-refractivity contribution in [1.82, 2.24) is 14.9 Å². The van der Waals surface area contributed by atoms with Crippen molar-refractivity contribution in [3.8, 4) is 0 Å². The molecule has 0 saturated heterocycles. The molecular weight excluding hydrogens is 216 g/mol. The molecule has 1 aromatic heterocycles. The zero-order chi connectivity index (χ0) is 11.3. The minimum absolute atomic E-state index is 0.108. The van der Waals surface area contributed by atoms with Gasteiger partial charge < -0.3 is 15.2 Å². The fourth-order valence-electron chi connectivity index (χ4n) is 1.03. The molecule has 0 aromatic carbocycles. The first kappa shape index (κ1) is 12.0. The van der Waals surface area contributed by atoms with Crippen LogP contribution in [0.4, 0.5) is 5.82 Å². The second kappa shape index (κ2) is 5.72. The van der Waals surface area contributed by atoms with Crippen LogP contribution in [0.25, 0.3) is 0 Å². The third-order valence-corrected chi connectivity index (χ3v) is 2.47. The van der Waals surface area contributed by atoms with Gasteiger partial charge in [-0.25, -0.2) is 4.98 Å². The Hall–Kier alpha value is -1.07.